The summed E-state index contributed by atoms with van der Waals surface area (Å²) in [6.45, 7) is 1.30. The fourth-order valence-corrected chi connectivity index (χ4v) is 1.73. The van der Waals surface area contributed by atoms with E-state index >= 15 is 0 Å². The quantitative estimate of drug-likeness (QED) is 0.778. The van der Waals surface area contributed by atoms with Crippen molar-refractivity contribution in [2.75, 3.05) is 20.2 Å². The Balaban J connectivity index is 2.70. The molecule has 0 aliphatic carbocycles. The number of terminal acetylenes is 1. The predicted molar refractivity (Wildman–Crippen MR) is 78.0 cm³/mol. The number of carboxylic acids is 1. The van der Waals surface area contributed by atoms with Gasteiger partial charge >= 0.3 is 12.0 Å². The maximum atomic E-state index is 12.0. The molecule has 6 nitrogen and oxygen atoms in total. The number of aliphatic carboxylic acids is 1. The van der Waals surface area contributed by atoms with Gasteiger partial charge in [-0.2, -0.15) is 0 Å². The van der Waals surface area contributed by atoms with E-state index in [2.05, 4.69) is 11.2 Å². The lowest BCUT2D eigenvalue weighted by Crippen LogP contribution is -2.43. The maximum Gasteiger partial charge on any atom is 0.323 e. The van der Waals surface area contributed by atoms with Crippen molar-refractivity contribution in [1.29, 1.82) is 0 Å². The third kappa shape index (κ3) is 5.07. The standard InChI is InChI=1S/C15H18N2O4/c1-4-9-17(10-14(18)19)15(20)16-11(2)12-5-7-13(21-3)8-6-12/h1,5-8,11H,9-10H2,2-3H3,(H,16,20)(H,18,19). The van der Waals surface area contributed by atoms with E-state index in [1.54, 1.807) is 26.2 Å². The Morgan fingerprint density at radius 1 is 1.43 bits per heavy atom. The lowest BCUT2D eigenvalue weighted by Gasteiger charge is -2.22. The minimum Gasteiger partial charge on any atom is -0.497 e. The Morgan fingerprint density at radius 2 is 2.05 bits per heavy atom. The number of benzene rings is 1. The largest absolute Gasteiger partial charge is 0.497 e. The molecule has 0 aromatic heterocycles. The summed E-state index contributed by atoms with van der Waals surface area (Å²) in [4.78, 5) is 23.8. The van der Waals surface area contributed by atoms with Crippen molar-refractivity contribution >= 4 is 12.0 Å². The number of amides is 2. The third-order valence-corrected chi connectivity index (χ3v) is 2.85. The van der Waals surface area contributed by atoms with Gasteiger partial charge in [-0.3, -0.25) is 4.79 Å². The van der Waals surface area contributed by atoms with E-state index in [-0.39, 0.29) is 12.6 Å². The zero-order chi connectivity index (χ0) is 15.8. The fraction of sp³-hybridized carbons (Fsp3) is 0.333. The van der Waals surface area contributed by atoms with E-state index in [1.807, 2.05) is 12.1 Å². The van der Waals surface area contributed by atoms with Crippen LogP contribution in [-0.4, -0.2) is 42.2 Å². The monoisotopic (exact) mass is 290 g/mol. The van der Waals surface area contributed by atoms with Crippen LogP contribution in [0.5, 0.6) is 5.75 Å². The van der Waals surface area contributed by atoms with E-state index < -0.39 is 18.5 Å². The van der Waals surface area contributed by atoms with Gasteiger partial charge in [-0.1, -0.05) is 18.1 Å². The summed E-state index contributed by atoms with van der Waals surface area (Å²) >= 11 is 0. The molecule has 0 saturated carbocycles. The van der Waals surface area contributed by atoms with Crippen LogP contribution in [0, 0.1) is 12.3 Å². The maximum absolute atomic E-state index is 12.0. The van der Waals surface area contributed by atoms with Gasteiger partial charge < -0.3 is 20.1 Å². The number of nitrogens with zero attached hydrogens (tertiary/aromatic N) is 1. The number of hydrogen-bond donors (Lipinski definition) is 2. The van der Waals surface area contributed by atoms with Crippen molar-refractivity contribution in [1.82, 2.24) is 10.2 Å². The van der Waals surface area contributed by atoms with Gasteiger partial charge in [0.15, 0.2) is 0 Å². The molecule has 2 N–H and O–H groups in total. The van der Waals surface area contributed by atoms with Gasteiger partial charge in [-0.25, -0.2) is 4.79 Å². The Hall–Kier alpha value is -2.68. The lowest BCUT2D eigenvalue weighted by atomic mass is 10.1. The summed E-state index contributed by atoms with van der Waals surface area (Å²) in [5.74, 6) is 1.87. The Morgan fingerprint density at radius 3 is 2.52 bits per heavy atom. The first kappa shape index (κ1) is 16.4. The number of hydrogen-bond acceptors (Lipinski definition) is 3. The molecule has 2 amide bonds. The third-order valence-electron chi connectivity index (χ3n) is 2.85. The van der Waals surface area contributed by atoms with Crippen LogP contribution in [0.25, 0.3) is 0 Å². The van der Waals surface area contributed by atoms with Crippen LogP contribution < -0.4 is 10.1 Å². The van der Waals surface area contributed by atoms with E-state index in [0.29, 0.717) is 0 Å². The molecule has 112 valence electrons. The first-order valence-electron chi connectivity index (χ1n) is 6.32. The molecule has 0 fully saturated rings. The van der Waals surface area contributed by atoms with Crippen molar-refractivity contribution in [3.63, 3.8) is 0 Å². The number of carboxylic acid groups (broad SMARTS) is 1. The average molecular weight is 290 g/mol. The fourth-order valence-electron chi connectivity index (χ4n) is 1.73. The molecule has 0 aliphatic heterocycles. The van der Waals surface area contributed by atoms with Crippen LogP contribution in [-0.2, 0) is 4.79 Å². The van der Waals surface area contributed by atoms with Crippen LogP contribution in [0.3, 0.4) is 0 Å². The number of ether oxygens (including phenoxy) is 1. The van der Waals surface area contributed by atoms with Crippen LogP contribution in [0.15, 0.2) is 24.3 Å². The first-order chi connectivity index (χ1) is 9.97. The highest BCUT2D eigenvalue weighted by atomic mass is 16.5. The normalized spacial score (nSPS) is 11.1. The van der Waals surface area contributed by atoms with Gasteiger partial charge in [0.05, 0.1) is 19.7 Å². The predicted octanol–water partition coefficient (Wildman–Crippen LogP) is 1.49. The highest BCUT2D eigenvalue weighted by Gasteiger charge is 2.18. The summed E-state index contributed by atoms with van der Waals surface area (Å²) in [5, 5.41) is 11.5. The molecule has 1 unspecified atom stereocenters. The van der Waals surface area contributed by atoms with Gasteiger partial charge in [-0.15, -0.1) is 6.42 Å². The number of rotatable bonds is 6. The zero-order valence-corrected chi connectivity index (χ0v) is 12.0. The number of carbonyl (C=O) groups is 2. The summed E-state index contributed by atoms with van der Waals surface area (Å²) in [6, 6.07) is 6.43. The smallest absolute Gasteiger partial charge is 0.323 e. The first-order valence-corrected chi connectivity index (χ1v) is 6.32. The molecule has 0 saturated heterocycles. The molecule has 0 aliphatic rings. The summed E-state index contributed by atoms with van der Waals surface area (Å²) in [7, 11) is 1.57. The Bertz CT molecular complexity index is 534. The average Bonchev–Trinajstić information content (AvgIpc) is 2.46. The van der Waals surface area contributed by atoms with Gasteiger partial charge in [-0.05, 0) is 24.6 Å². The van der Waals surface area contributed by atoms with Gasteiger partial charge in [0.2, 0.25) is 0 Å². The van der Waals surface area contributed by atoms with E-state index in [9.17, 15) is 9.59 Å². The molecule has 21 heavy (non-hydrogen) atoms. The van der Waals surface area contributed by atoms with Crippen molar-refractivity contribution in [2.24, 2.45) is 0 Å². The number of urea groups is 1. The second-order valence-electron chi connectivity index (χ2n) is 4.40. The highest BCUT2D eigenvalue weighted by molar-refractivity contribution is 5.80. The van der Waals surface area contributed by atoms with Crippen LogP contribution in [0.2, 0.25) is 0 Å². The van der Waals surface area contributed by atoms with E-state index in [4.69, 9.17) is 16.3 Å². The van der Waals surface area contributed by atoms with E-state index in [1.165, 1.54) is 0 Å². The van der Waals surface area contributed by atoms with Crippen LogP contribution in [0.4, 0.5) is 4.79 Å². The molecule has 0 bridgehead atoms. The Kier molecular flexibility index (Phi) is 6.08. The zero-order valence-electron chi connectivity index (χ0n) is 12.0. The second-order valence-corrected chi connectivity index (χ2v) is 4.40. The van der Waals surface area contributed by atoms with Gasteiger partial charge in [0, 0.05) is 0 Å². The number of carbonyl (C=O) groups excluding carboxylic acids is 1. The molecule has 1 aromatic rings. The molecule has 0 heterocycles. The van der Waals surface area contributed by atoms with Crippen molar-refractivity contribution < 1.29 is 19.4 Å². The lowest BCUT2D eigenvalue weighted by molar-refractivity contribution is -0.137. The van der Waals surface area contributed by atoms with Crippen molar-refractivity contribution in [2.45, 2.75) is 13.0 Å². The SMILES string of the molecule is C#CCN(CC(=O)O)C(=O)NC(C)c1ccc(OC)cc1. The van der Waals surface area contributed by atoms with E-state index in [0.717, 1.165) is 16.2 Å². The molecule has 0 radical (unpaired) electrons. The number of nitrogens with one attached hydrogen (secondary N) is 1. The molecule has 6 heteroatoms. The molecular formula is C15H18N2O4. The highest BCUT2D eigenvalue weighted by Crippen LogP contribution is 2.17. The Labute approximate surface area is 123 Å². The minimum absolute atomic E-state index is 0.0620. The topological polar surface area (TPSA) is 78.9 Å². The summed E-state index contributed by atoms with van der Waals surface area (Å²) < 4.78 is 5.06. The number of methoxy groups -OCH3 is 1. The van der Waals surface area contributed by atoms with Crippen molar-refractivity contribution in [3.8, 4) is 18.1 Å². The molecular weight excluding hydrogens is 272 g/mol. The molecule has 1 rings (SSSR count). The van der Waals surface area contributed by atoms with Gasteiger partial charge in [0.1, 0.15) is 12.3 Å². The van der Waals surface area contributed by atoms with Crippen molar-refractivity contribution in [3.05, 3.63) is 29.8 Å². The molecule has 1 atom stereocenters. The summed E-state index contributed by atoms with van der Waals surface area (Å²) in [6.07, 6.45) is 5.14. The van der Waals surface area contributed by atoms with Gasteiger partial charge in [0.25, 0.3) is 0 Å². The molecule has 1 aromatic carbocycles. The van der Waals surface area contributed by atoms with Crippen LogP contribution in [0.1, 0.15) is 18.5 Å². The minimum atomic E-state index is -1.11. The van der Waals surface area contributed by atoms with Crippen LogP contribution >= 0.6 is 0 Å². The summed E-state index contributed by atoms with van der Waals surface area (Å²) in [5.41, 5.74) is 0.875. The molecule has 0 spiro atoms. The second kappa shape index (κ2) is 7.80.